The summed E-state index contributed by atoms with van der Waals surface area (Å²) >= 11 is 0. The Hall–Kier alpha value is -2.35. The van der Waals surface area contributed by atoms with Crippen LogP contribution in [0.5, 0.6) is 0 Å². The van der Waals surface area contributed by atoms with Crippen LogP contribution in [-0.4, -0.2) is 9.55 Å². The molecule has 0 fully saturated rings. The van der Waals surface area contributed by atoms with E-state index < -0.39 is 0 Å². The van der Waals surface area contributed by atoms with Crippen molar-refractivity contribution in [1.29, 1.82) is 0 Å². The zero-order valence-corrected chi connectivity index (χ0v) is 11.0. The van der Waals surface area contributed by atoms with Crippen LogP contribution in [0.3, 0.4) is 0 Å². The van der Waals surface area contributed by atoms with E-state index in [2.05, 4.69) is 65.0 Å². The molecule has 1 aromatic heterocycles. The van der Waals surface area contributed by atoms with Gasteiger partial charge in [-0.3, -0.25) is 0 Å². The summed E-state index contributed by atoms with van der Waals surface area (Å²) in [4.78, 5) is 4.05. The van der Waals surface area contributed by atoms with Gasteiger partial charge in [0.15, 0.2) is 0 Å². The first-order valence-corrected chi connectivity index (χ1v) is 6.44. The van der Waals surface area contributed by atoms with Gasteiger partial charge in [-0.25, -0.2) is 4.98 Å². The summed E-state index contributed by atoms with van der Waals surface area (Å²) < 4.78 is 2.06. The minimum atomic E-state index is 0.860. The summed E-state index contributed by atoms with van der Waals surface area (Å²) in [5.74, 6) is 0. The predicted octanol–water partition coefficient (Wildman–Crippen LogP) is 4.14. The topological polar surface area (TPSA) is 17.8 Å². The Morgan fingerprint density at radius 1 is 1.16 bits per heavy atom. The van der Waals surface area contributed by atoms with E-state index in [-0.39, 0.29) is 0 Å². The molecular weight excluding hydrogens is 232 g/mol. The minimum Gasteiger partial charge on any atom is -0.334 e. The molecule has 19 heavy (non-hydrogen) atoms. The second-order valence-corrected chi connectivity index (χ2v) is 4.71. The second kappa shape index (κ2) is 5.11. The normalized spacial score (nSPS) is 11.9. The second-order valence-electron chi connectivity index (χ2n) is 4.71. The molecule has 0 saturated carbocycles. The number of fused-ring (bicyclic) bond motifs is 1. The molecule has 1 heterocycles. The quantitative estimate of drug-likeness (QED) is 0.681. The fourth-order valence-corrected chi connectivity index (χ4v) is 2.19. The third kappa shape index (κ3) is 2.58. The average molecular weight is 248 g/mol. The van der Waals surface area contributed by atoms with Gasteiger partial charge in [0.25, 0.3) is 0 Å². The Labute approximate surface area is 113 Å². The molecule has 3 aromatic rings. The lowest BCUT2D eigenvalue weighted by Crippen LogP contribution is -1.91. The van der Waals surface area contributed by atoms with Crippen LogP contribution in [0.15, 0.2) is 67.3 Å². The van der Waals surface area contributed by atoms with Crippen molar-refractivity contribution in [2.75, 3.05) is 0 Å². The third-order valence-corrected chi connectivity index (χ3v) is 3.37. The van der Waals surface area contributed by atoms with Gasteiger partial charge in [-0.2, -0.15) is 0 Å². The van der Waals surface area contributed by atoms with E-state index in [1.54, 1.807) is 6.20 Å². The molecule has 0 N–H and O–H groups in total. The highest BCUT2D eigenvalue weighted by molar-refractivity contribution is 5.86. The van der Waals surface area contributed by atoms with Gasteiger partial charge in [0, 0.05) is 18.9 Å². The fraction of sp³-hybridized carbons (Fsp3) is 0.118. The Morgan fingerprint density at radius 2 is 2.00 bits per heavy atom. The molecule has 0 unspecified atom stereocenters. The number of hydrogen-bond acceptors (Lipinski definition) is 1. The van der Waals surface area contributed by atoms with Crippen LogP contribution in [0, 0.1) is 0 Å². The number of hydrogen-bond donors (Lipinski definition) is 0. The Morgan fingerprint density at radius 3 is 2.79 bits per heavy atom. The number of aromatic nitrogens is 2. The molecule has 0 spiro atoms. The maximum Gasteiger partial charge on any atom is 0.0948 e. The van der Waals surface area contributed by atoms with Crippen LogP contribution < -0.4 is 0 Å². The van der Waals surface area contributed by atoms with Crippen molar-refractivity contribution in [3.63, 3.8) is 0 Å². The van der Waals surface area contributed by atoms with E-state index in [0.29, 0.717) is 0 Å². The van der Waals surface area contributed by atoms with Crippen molar-refractivity contribution in [3.05, 3.63) is 72.8 Å². The highest BCUT2D eigenvalue weighted by Gasteiger charge is 1.98. The molecule has 0 atom stereocenters. The van der Waals surface area contributed by atoms with Crippen LogP contribution in [0.25, 0.3) is 16.3 Å². The van der Waals surface area contributed by atoms with Crippen molar-refractivity contribution in [1.82, 2.24) is 9.55 Å². The Kier molecular flexibility index (Phi) is 3.15. The van der Waals surface area contributed by atoms with Gasteiger partial charge in [-0.15, -0.1) is 0 Å². The van der Waals surface area contributed by atoms with E-state index >= 15 is 0 Å². The lowest BCUT2D eigenvalue weighted by molar-refractivity contribution is 0.821. The zero-order valence-electron chi connectivity index (χ0n) is 11.0. The molecular formula is C17H16N2. The standard InChI is InChI=1S/C17H16N2/c1-14(8-10-19-11-9-18-13-19)16-7-6-15-4-2-3-5-17(15)12-16/h2-9,11-13H,10H2,1H3. The predicted molar refractivity (Wildman–Crippen MR) is 79.8 cm³/mol. The number of allylic oxidation sites excluding steroid dienone is 2. The van der Waals surface area contributed by atoms with Gasteiger partial charge in [-0.05, 0) is 34.9 Å². The van der Waals surface area contributed by atoms with E-state index in [4.69, 9.17) is 0 Å². The maximum atomic E-state index is 4.05. The molecule has 0 aliphatic heterocycles. The Bertz CT molecular complexity index is 709. The highest BCUT2D eigenvalue weighted by atomic mass is 15.0. The molecule has 2 aromatic carbocycles. The first-order chi connectivity index (χ1) is 9.33. The van der Waals surface area contributed by atoms with Crippen LogP contribution in [0.4, 0.5) is 0 Å². The van der Waals surface area contributed by atoms with Gasteiger partial charge in [0.1, 0.15) is 0 Å². The van der Waals surface area contributed by atoms with E-state index in [0.717, 1.165) is 6.54 Å². The van der Waals surface area contributed by atoms with Crippen molar-refractivity contribution in [2.45, 2.75) is 13.5 Å². The van der Waals surface area contributed by atoms with Gasteiger partial charge < -0.3 is 4.57 Å². The van der Waals surface area contributed by atoms with Crippen molar-refractivity contribution in [3.8, 4) is 0 Å². The molecule has 0 radical (unpaired) electrons. The maximum absolute atomic E-state index is 4.05. The summed E-state index contributed by atoms with van der Waals surface area (Å²) in [6.45, 7) is 3.01. The molecule has 0 bridgehead atoms. The van der Waals surface area contributed by atoms with Crippen molar-refractivity contribution >= 4 is 16.3 Å². The smallest absolute Gasteiger partial charge is 0.0948 e. The number of nitrogens with zero attached hydrogens (tertiary/aromatic N) is 2. The molecule has 0 saturated heterocycles. The summed E-state index contributed by atoms with van der Waals surface area (Å²) in [6.07, 6.45) is 7.85. The van der Waals surface area contributed by atoms with Crippen LogP contribution in [-0.2, 0) is 6.54 Å². The minimum absolute atomic E-state index is 0.860. The van der Waals surface area contributed by atoms with Gasteiger partial charge in [0.2, 0.25) is 0 Å². The molecule has 0 amide bonds. The number of benzene rings is 2. The Balaban J connectivity index is 1.88. The summed E-state index contributed by atoms with van der Waals surface area (Å²) in [5.41, 5.74) is 2.57. The fourth-order valence-electron chi connectivity index (χ4n) is 2.19. The molecule has 2 nitrogen and oxygen atoms in total. The lowest BCUT2D eigenvalue weighted by atomic mass is 10.0. The van der Waals surface area contributed by atoms with Gasteiger partial charge in [-0.1, -0.05) is 42.5 Å². The van der Waals surface area contributed by atoms with Gasteiger partial charge >= 0.3 is 0 Å². The van der Waals surface area contributed by atoms with E-state index in [1.807, 2.05) is 12.5 Å². The summed E-state index contributed by atoms with van der Waals surface area (Å²) in [7, 11) is 0. The highest BCUT2D eigenvalue weighted by Crippen LogP contribution is 2.20. The monoisotopic (exact) mass is 248 g/mol. The van der Waals surface area contributed by atoms with Crippen LogP contribution in [0.2, 0.25) is 0 Å². The number of rotatable bonds is 3. The third-order valence-electron chi connectivity index (χ3n) is 3.37. The summed E-state index contributed by atoms with van der Waals surface area (Å²) in [5, 5.41) is 2.57. The molecule has 0 aliphatic rings. The van der Waals surface area contributed by atoms with Crippen LogP contribution >= 0.6 is 0 Å². The number of imidazole rings is 1. The van der Waals surface area contributed by atoms with Crippen molar-refractivity contribution in [2.24, 2.45) is 0 Å². The largest absolute Gasteiger partial charge is 0.334 e. The first-order valence-electron chi connectivity index (χ1n) is 6.44. The average Bonchev–Trinajstić information content (AvgIpc) is 2.97. The lowest BCUT2D eigenvalue weighted by Gasteiger charge is -2.05. The zero-order chi connectivity index (χ0) is 13.1. The molecule has 2 heteroatoms. The van der Waals surface area contributed by atoms with E-state index in [1.165, 1.54) is 21.9 Å². The van der Waals surface area contributed by atoms with Crippen molar-refractivity contribution < 1.29 is 0 Å². The SMILES string of the molecule is CC(=CCn1ccnc1)c1ccc2ccccc2c1. The van der Waals surface area contributed by atoms with Gasteiger partial charge in [0.05, 0.1) is 6.33 Å². The molecule has 94 valence electrons. The van der Waals surface area contributed by atoms with E-state index in [9.17, 15) is 0 Å². The first kappa shape index (κ1) is 11.7. The molecule has 3 rings (SSSR count). The van der Waals surface area contributed by atoms with Crippen LogP contribution in [0.1, 0.15) is 12.5 Å². The summed E-state index contributed by atoms with van der Waals surface area (Å²) in [6, 6.07) is 15.1. The molecule has 0 aliphatic carbocycles.